The molecular weight excluding hydrogens is 296 g/mol. The van der Waals surface area contributed by atoms with Gasteiger partial charge in [-0.25, -0.2) is 0 Å². The average molecular weight is 309 g/mol. The SMILES string of the molecule is CC(c1ccc(Br)cc1)S(=O)c1ccccc1. The van der Waals surface area contributed by atoms with Crippen molar-refractivity contribution >= 4 is 26.7 Å². The molecule has 0 aromatic heterocycles. The van der Waals surface area contributed by atoms with E-state index in [0.29, 0.717) is 0 Å². The molecule has 17 heavy (non-hydrogen) atoms. The van der Waals surface area contributed by atoms with E-state index in [4.69, 9.17) is 0 Å². The number of hydrogen-bond donors (Lipinski definition) is 0. The Kier molecular flexibility index (Phi) is 4.13. The summed E-state index contributed by atoms with van der Waals surface area (Å²) in [7, 11) is -1.00. The molecule has 2 unspecified atom stereocenters. The Morgan fingerprint density at radius 2 is 1.59 bits per heavy atom. The van der Waals surface area contributed by atoms with Gasteiger partial charge in [-0.1, -0.05) is 46.3 Å². The van der Waals surface area contributed by atoms with Gasteiger partial charge >= 0.3 is 0 Å². The monoisotopic (exact) mass is 308 g/mol. The normalized spacial score (nSPS) is 14.2. The van der Waals surface area contributed by atoms with Crippen LogP contribution in [0.3, 0.4) is 0 Å². The summed E-state index contributed by atoms with van der Waals surface area (Å²) in [6, 6.07) is 17.6. The predicted molar refractivity (Wildman–Crippen MR) is 75.4 cm³/mol. The quantitative estimate of drug-likeness (QED) is 0.825. The van der Waals surface area contributed by atoms with Crippen molar-refractivity contribution in [2.24, 2.45) is 0 Å². The lowest BCUT2D eigenvalue weighted by molar-refractivity contribution is 0.676. The van der Waals surface area contributed by atoms with Gasteiger partial charge in [-0.2, -0.15) is 0 Å². The van der Waals surface area contributed by atoms with Gasteiger partial charge in [0.2, 0.25) is 0 Å². The molecule has 0 fully saturated rings. The van der Waals surface area contributed by atoms with Crippen molar-refractivity contribution in [2.45, 2.75) is 17.1 Å². The smallest absolute Gasteiger partial charge is 0.0615 e. The van der Waals surface area contributed by atoms with E-state index >= 15 is 0 Å². The summed E-state index contributed by atoms with van der Waals surface area (Å²) in [5.74, 6) is 0. The van der Waals surface area contributed by atoms with Gasteiger partial charge in [0.25, 0.3) is 0 Å². The average Bonchev–Trinajstić information content (AvgIpc) is 2.39. The molecule has 0 saturated carbocycles. The second-order valence-electron chi connectivity index (χ2n) is 3.80. The van der Waals surface area contributed by atoms with Crippen molar-refractivity contribution in [3.8, 4) is 0 Å². The van der Waals surface area contributed by atoms with Crippen LogP contribution in [0.1, 0.15) is 17.7 Å². The summed E-state index contributed by atoms with van der Waals surface area (Å²) in [5.41, 5.74) is 1.09. The summed E-state index contributed by atoms with van der Waals surface area (Å²) in [6.45, 7) is 1.99. The molecule has 0 aliphatic heterocycles. The summed E-state index contributed by atoms with van der Waals surface area (Å²) >= 11 is 3.40. The van der Waals surface area contributed by atoms with Crippen LogP contribution < -0.4 is 0 Å². The first kappa shape index (κ1) is 12.5. The molecule has 0 bridgehead atoms. The largest absolute Gasteiger partial charge is 0.254 e. The Bertz CT molecular complexity index is 508. The van der Waals surface area contributed by atoms with Crippen molar-refractivity contribution in [1.29, 1.82) is 0 Å². The maximum atomic E-state index is 12.3. The number of rotatable bonds is 3. The van der Waals surface area contributed by atoms with Crippen LogP contribution in [0.2, 0.25) is 0 Å². The third-order valence-electron chi connectivity index (χ3n) is 2.64. The Morgan fingerprint density at radius 1 is 1.00 bits per heavy atom. The standard InChI is InChI=1S/C14H13BrOS/c1-11(12-7-9-13(15)10-8-12)17(16)14-5-3-2-4-6-14/h2-11H,1H3. The van der Waals surface area contributed by atoms with E-state index in [1.807, 2.05) is 61.5 Å². The van der Waals surface area contributed by atoms with E-state index in [2.05, 4.69) is 15.9 Å². The van der Waals surface area contributed by atoms with E-state index in [-0.39, 0.29) is 5.25 Å². The van der Waals surface area contributed by atoms with Crippen molar-refractivity contribution in [3.05, 3.63) is 64.6 Å². The van der Waals surface area contributed by atoms with E-state index in [0.717, 1.165) is 14.9 Å². The summed E-state index contributed by atoms with van der Waals surface area (Å²) in [4.78, 5) is 0.878. The van der Waals surface area contributed by atoms with E-state index in [9.17, 15) is 4.21 Å². The zero-order valence-corrected chi connectivity index (χ0v) is 11.9. The van der Waals surface area contributed by atoms with Gasteiger partial charge < -0.3 is 0 Å². The lowest BCUT2D eigenvalue weighted by Crippen LogP contribution is -2.02. The van der Waals surface area contributed by atoms with E-state index in [1.54, 1.807) is 0 Å². The van der Waals surface area contributed by atoms with Crippen LogP contribution in [0.5, 0.6) is 0 Å². The highest BCUT2D eigenvalue weighted by atomic mass is 79.9. The molecule has 0 amide bonds. The minimum Gasteiger partial charge on any atom is -0.254 e. The molecule has 2 rings (SSSR count). The summed E-state index contributed by atoms with van der Waals surface area (Å²) < 4.78 is 13.4. The number of benzene rings is 2. The van der Waals surface area contributed by atoms with Crippen LogP contribution in [0.25, 0.3) is 0 Å². The molecule has 0 radical (unpaired) electrons. The molecular formula is C14H13BrOS. The Labute approximate surface area is 112 Å². The fraction of sp³-hybridized carbons (Fsp3) is 0.143. The maximum absolute atomic E-state index is 12.3. The van der Waals surface area contributed by atoms with E-state index < -0.39 is 10.8 Å². The van der Waals surface area contributed by atoms with Crippen molar-refractivity contribution in [1.82, 2.24) is 0 Å². The van der Waals surface area contributed by atoms with Crippen LogP contribution in [0.15, 0.2) is 64.0 Å². The number of hydrogen-bond acceptors (Lipinski definition) is 1. The fourth-order valence-electron chi connectivity index (χ4n) is 1.62. The highest BCUT2D eigenvalue weighted by molar-refractivity contribution is 9.10. The topological polar surface area (TPSA) is 17.1 Å². The predicted octanol–water partition coefficient (Wildman–Crippen LogP) is 4.32. The molecule has 0 heterocycles. The van der Waals surface area contributed by atoms with Gasteiger partial charge in [-0.05, 0) is 36.8 Å². The van der Waals surface area contributed by atoms with Gasteiger partial charge in [0.15, 0.2) is 0 Å². The van der Waals surface area contributed by atoms with Crippen molar-refractivity contribution in [2.75, 3.05) is 0 Å². The second-order valence-corrected chi connectivity index (χ2v) is 6.49. The van der Waals surface area contributed by atoms with Crippen molar-refractivity contribution < 1.29 is 4.21 Å². The maximum Gasteiger partial charge on any atom is 0.0615 e. The van der Waals surface area contributed by atoms with Crippen LogP contribution in [0.4, 0.5) is 0 Å². The Balaban J connectivity index is 2.23. The molecule has 0 aliphatic rings. The Morgan fingerprint density at radius 3 is 2.18 bits per heavy atom. The minimum atomic E-state index is -1.00. The molecule has 0 aliphatic carbocycles. The first-order valence-electron chi connectivity index (χ1n) is 5.39. The molecule has 1 nitrogen and oxygen atoms in total. The lowest BCUT2D eigenvalue weighted by Gasteiger charge is -2.11. The van der Waals surface area contributed by atoms with Gasteiger partial charge in [-0.15, -0.1) is 0 Å². The second kappa shape index (κ2) is 5.61. The van der Waals surface area contributed by atoms with Crippen LogP contribution >= 0.6 is 15.9 Å². The van der Waals surface area contributed by atoms with Crippen molar-refractivity contribution in [3.63, 3.8) is 0 Å². The molecule has 0 spiro atoms. The zero-order valence-electron chi connectivity index (χ0n) is 9.47. The first-order chi connectivity index (χ1) is 8.18. The van der Waals surface area contributed by atoms with Gasteiger partial charge in [-0.3, -0.25) is 4.21 Å². The number of halogens is 1. The van der Waals surface area contributed by atoms with Crippen LogP contribution in [0, 0.1) is 0 Å². The van der Waals surface area contributed by atoms with Crippen LogP contribution in [-0.4, -0.2) is 4.21 Å². The third kappa shape index (κ3) is 3.05. The van der Waals surface area contributed by atoms with Gasteiger partial charge in [0, 0.05) is 9.37 Å². The molecule has 2 aromatic rings. The summed E-state index contributed by atoms with van der Waals surface area (Å²) in [5, 5.41) is 0.00509. The van der Waals surface area contributed by atoms with E-state index in [1.165, 1.54) is 0 Å². The molecule has 2 aromatic carbocycles. The summed E-state index contributed by atoms with van der Waals surface area (Å²) in [6.07, 6.45) is 0. The minimum absolute atomic E-state index is 0.00509. The molecule has 3 heteroatoms. The fourth-order valence-corrected chi connectivity index (χ4v) is 3.12. The highest BCUT2D eigenvalue weighted by Gasteiger charge is 2.14. The van der Waals surface area contributed by atoms with Gasteiger partial charge in [0.1, 0.15) is 0 Å². The molecule has 88 valence electrons. The zero-order chi connectivity index (χ0) is 12.3. The van der Waals surface area contributed by atoms with Crippen LogP contribution in [-0.2, 0) is 10.8 Å². The highest BCUT2D eigenvalue weighted by Crippen LogP contribution is 2.25. The lowest BCUT2D eigenvalue weighted by atomic mass is 10.2. The molecule has 0 saturated heterocycles. The molecule has 2 atom stereocenters. The van der Waals surface area contributed by atoms with Gasteiger partial charge in [0.05, 0.1) is 16.0 Å². The Hall–Kier alpha value is -0.930. The molecule has 0 N–H and O–H groups in total. The third-order valence-corrected chi connectivity index (χ3v) is 4.82. The first-order valence-corrected chi connectivity index (χ1v) is 7.40.